The van der Waals surface area contributed by atoms with Gasteiger partial charge in [-0.05, 0) is 59.7 Å². The van der Waals surface area contributed by atoms with E-state index in [2.05, 4.69) is 92.3 Å². The lowest BCUT2D eigenvalue weighted by Crippen LogP contribution is -1.92. The second kappa shape index (κ2) is 8.73. The maximum Gasteiger partial charge on any atom is 0.227 e. The van der Waals surface area contributed by atoms with Crippen molar-refractivity contribution < 1.29 is 4.42 Å². The standard InChI is InChI=1S/C28H28N2O/c1-18(2)21-8-6-9-22(16-21)23(17-29-5)13-11-19(3)26-20(4)12-14-24-25-10-7-15-30-28(25)31-27(24)26/h6-18H,1-5H3/b19-11+,23-13+,29-17+. The maximum absolute atomic E-state index is 6.17. The first-order valence-electron chi connectivity index (χ1n) is 10.7. The zero-order valence-electron chi connectivity index (χ0n) is 18.8. The molecule has 31 heavy (non-hydrogen) atoms. The summed E-state index contributed by atoms with van der Waals surface area (Å²) < 4.78 is 6.17. The fourth-order valence-electron chi connectivity index (χ4n) is 3.99. The molecule has 3 heteroatoms. The highest BCUT2D eigenvalue weighted by atomic mass is 16.3. The van der Waals surface area contributed by atoms with E-state index in [0.717, 1.165) is 33.1 Å². The summed E-state index contributed by atoms with van der Waals surface area (Å²) in [7, 11) is 1.81. The van der Waals surface area contributed by atoms with Gasteiger partial charge in [0.15, 0.2) is 0 Å². The zero-order valence-corrected chi connectivity index (χ0v) is 18.8. The van der Waals surface area contributed by atoms with Gasteiger partial charge in [0, 0.05) is 35.8 Å². The minimum Gasteiger partial charge on any atom is -0.437 e. The van der Waals surface area contributed by atoms with Crippen molar-refractivity contribution in [3.63, 3.8) is 0 Å². The van der Waals surface area contributed by atoms with Gasteiger partial charge in [0.05, 0.1) is 0 Å². The number of aryl methyl sites for hydroxylation is 1. The molecule has 156 valence electrons. The Morgan fingerprint density at radius 2 is 1.87 bits per heavy atom. The third-order valence-corrected chi connectivity index (χ3v) is 5.69. The van der Waals surface area contributed by atoms with Crippen molar-refractivity contribution in [1.29, 1.82) is 0 Å². The molecule has 0 unspecified atom stereocenters. The zero-order chi connectivity index (χ0) is 22.0. The molecule has 4 rings (SSSR count). The summed E-state index contributed by atoms with van der Waals surface area (Å²) in [6.45, 7) is 8.68. The highest BCUT2D eigenvalue weighted by Gasteiger charge is 2.14. The first kappa shape index (κ1) is 20.8. The van der Waals surface area contributed by atoms with Crippen molar-refractivity contribution in [2.45, 2.75) is 33.6 Å². The average Bonchev–Trinajstić information content (AvgIpc) is 3.14. The van der Waals surface area contributed by atoms with Gasteiger partial charge in [0.25, 0.3) is 0 Å². The minimum absolute atomic E-state index is 0.485. The monoisotopic (exact) mass is 408 g/mol. The summed E-state index contributed by atoms with van der Waals surface area (Å²) in [6, 6.07) is 17.0. The quantitative estimate of drug-likeness (QED) is 0.252. The number of furan rings is 1. The van der Waals surface area contributed by atoms with Crippen LogP contribution in [0.1, 0.15) is 48.9 Å². The molecule has 0 spiro atoms. The van der Waals surface area contributed by atoms with E-state index in [1.54, 1.807) is 6.20 Å². The van der Waals surface area contributed by atoms with Crippen molar-refractivity contribution in [3.05, 3.63) is 89.1 Å². The van der Waals surface area contributed by atoms with Crippen LogP contribution in [0.4, 0.5) is 0 Å². The molecule has 0 N–H and O–H groups in total. The predicted octanol–water partition coefficient (Wildman–Crippen LogP) is 7.60. The second-order valence-electron chi connectivity index (χ2n) is 8.23. The van der Waals surface area contributed by atoms with Crippen molar-refractivity contribution >= 4 is 39.4 Å². The number of benzene rings is 2. The minimum atomic E-state index is 0.485. The summed E-state index contributed by atoms with van der Waals surface area (Å²) in [5.41, 5.74) is 8.59. The van der Waals surface area contributed by atoms with Crippen LogP contribution < -0.4 is 0 Å². The Labute approximate surface area is 183 Å². The van der Waals surface area contributed by atoms with Crippen LogP contribution in [0.15, 0.2) is 76.3 Å². The third kappa shape index (κ3) is 4.09. The number of nitrogens with zero attached hydrogens (tertiary/aromatic N) is 2. The summed E-state index contributed by atoms with van der Waals surface area (Å²) in [6.07, 6.45) is 7.98. The molecule has 0 saturated carbocycles. The van der Waals surface area contributed by atoms with E-state index in [4.69, 9.17) is 4.42 Å². The normalized spacial score (nSPS) is 13.2. The summed E-state index contributed by atoms with van der Waals surface area (Å²) in [4.78, 5) is 8.68. The Morgan fingerprint density at radius 3 is 2.65 bits per heavy atom. The van der Waals surface area contributed by atoms with Gasteiger partial charge in [-0.2, -0.15) is 0 Å². The number of hydrogen-bond acceptors (Lipinski definition) is 3. The molecule has 0 aliphatic rings. The van der Waals surface area contributed by atoms with Crippen molar-refractivity contribution in [1.82, 2.24) is 4.98 Å². The molecule has 0 aliphatic carbocycles. The molecule has 0 aliphatic heterocycles. The molecule has 3 nitrogen and oxygen atoms in total. The number of aromatic nitrogens is 1. The van der Waals surface area contributed by atoms with Gasteiger partial charge in [-0.15, -0.1) is 0 Å². The van der Waals surface area contributed by atoms with Crippen LogP contribution in [0.25, 0.3) is 33.2 Å². The van der Waals surface area contributed by atoms with Crippen LogP contribution in [0.5, 0.6) is 0 Å². The summed E-state index contributed by atoms with van der Waals surface area (Å²) in [5, 5.41) is 2.15. The van der Waals surface area contributed by atoms with Crippen molar-refractivity contribution in [3.8, 4) is 0 Å². The average molecular weight is 409 g/mol. The lowest BCUT2D eigenvalue weighted by atomic mass is 9.96. The largest absolute Gasteiger partial charge is 0.437 e. The number of pyridine rings is 1. The lowest BCUT2D eigenvalue weighted by Gasteiger charge is -2.09. The molecule has 0 radical (unpaired) electrons. The number of hydrogen-bond donors (Lipinski definition) is 0. The highest BCUT2D eigenvalue weighted by Crippen LogP contribution is 2.35. The van der Waals surface area contributed by atoms with E-state index in [1.807, 2.05) is 19.3 Å². The van der Waals surface area contributed by atoms with Crippen LogP contribution in [0, 0.1) is 6.92 Å². The van der Waals surface area contributed by atoms with E-state index in [-0.39, 0.29) is 0 Å². The van der Waals surface area contributed by atoms with Gasteiger partial charge in [-0.25, -0.2) is 4.98 Å². The molecule has 0 atom stereocenters. The van der Waals surface area contributed by atoms with Gasteiger partial charge in [0.2, 0.25) is 5.71 Å². The number of rotatable bonds is 5. The summed E-state index contributed by atoms with van der Waals surface area (Å²) >= 11 is 0. The van der Waals surface area contributed by atoms with Crippen LogP contribution in [-0.4, -0.2) is 18.2 Å². The van der Waals surface area contributed by atoms with E-state index in [9.17, 15) is 0 Å². The van der Waals surface area contributed by atoms with Gasteiger partial charge in [0.1, 0.15) is 5.58 Å². The van der Waals surface area contributed by atoms with Crippen LogP contribution in [0.3, 0.4) is 0 Å². The number of fused-ring (bicyclic) bond motifs is 3. The van der Waals surface area contributed by atoms with Crippen LogP contribution in [-0.2, 0) is 0 Å². The van der Waals surface area contributed by atoms with Crippen LogP contribution >= 0.6 is 0 Å². The molecular formula is C28H28N2O. The predicted molar refractivity (Wildman–Crippen MR) is 133 cm³/mol. The summed E-state index contributed by atoms with van der Waals surface area (Å²) in [5.74, 6) is 0.485. The fourth-order valence-corrected chi connectivity index (χ4v) is 3.99. The Bertz CT molecular complexity index is 1340. The Morgan fingerprint density at radius 1 is 1.03 bits per heavy atom. The molecule has 0 fully saturated rings. The van der Waals surface area contributed by atoms with E-state index < -0.39 is 0 Å². The van der Waals surface area contributed by atoms with Crippen molar-refractivity contribution in [2.75, 3.05) is 7.05 Å². The van der Waals surface area contributed by atoms with E-state index in [0.29, 0.717) is 11.6 Å². The van der Waals surface area contributed by atoms with Gasteiger partial charge in [-0.3, -0.25) is 4.99 Å². The van der Waals surface area contributed by atoms with Gasteiger partial charge in [-0.1, -0.05) is 62.4 Å². The smallest absolute Gasteiger partial charge is 0.227 e. The number of aliphatic imine (C=N–C) groups is 1. The Hall–Kier alpha value is -3.46. The molecule has 2 heterocycles. The molecule has 0 saturated heterocycles. The van der Waals surface area contributed by atoms with Gasteiger partial charge >= 0.3 is 0 Å². The third-order valence-electron chi connectivity index (χ3n) is 5.69. The molecule has 0 bridgehead atoms. The van der Waals surface area contributed by atoms with Crippen molar-refractivity contribution in [2.24, 2.45) is 4.99 Å². The molecule has 2 aromatic heterocycles. The molecule has 4 aromatic rings. The van der Waals surface area contributed by atoms with E-state index in [1.165, 1.54) is 16.7 Å². The highest BCUT2D eigenvalue weighted by molar-refractivity contribution is 6.11. The first-order valence-corrected chi connectivity index (χ1v) is 10.7. The molecular weight excluding hydrogens is 380 g/mol. The lowest BCUT2D eigenvalue weighted by molar-refractivity contribution is 0.652. The molecule has 0 amide bonds. The molecule has 2 aromatic carbocycles. The SMILES string of the molecule is C/N=C/C(=C\C=C(/C)c1c(C)ccc2c1oc1ncccc12)c1cccc(C(C)C)c1. The Kier molecular flexibility index (Phi) is 5.85. The number of allylic oxidation sites excluding steroid dienone is 4. The second-order valence-corrected chi connectivity index (χ2v) is 8.23. The maximum atomic E-state index is 6.17. The fraction of sp³-hybridized carbons (Fsp3) is 0.214. The van der Waals surface area contributed by atoms with Gasteiger partial charge < -0.3 is 4.42 Å². The van der Waals surface area contributed by atoms with Crippen LogP contribution in [0.2, 0.25) is 0 Å². The topological polar surface area (TPSA) is 38.4 Å². The first-order chi connectivity index (χ1) is 15.0. The van der Waals surface area contributed by atoms with E-state index >= 15 is 0 Å². The Balaban J connectivity index is 1.82.